The van der Waals surface area contributed by atoms with Crippen LogP contribution in [-0.4, -0.2) is 8.32 Å². The molecule has 0 saturated heterocycles. The van der Waals surface area contributed by atoms with Crippen molar-refractivity contribution in [3.05, 3.63) is 60.4 Å². The van der Waals surface area contributed by atoms with Gasteiger partial charge in [0.25, 0.3) is 0 Å². The maximum absolute atomic E-state index is 6.09. The standard InChI is InChI=1S/C19H26OSi/c1-19(2,3)21(4,5)20-15-9-13-17-12-8-11-16-10-6-7-14-18(16)17/h6-12,14-15H,13H2,1-5H3. The Morgan fingerprint density at radius 2 is 1.67 bits per heavy atom. The second-order valence-corrected chi connectivity index (χ2v) is 11.8. The molecular formula is C19H26OSi. The first-order chi connectivity index (χ1) is 9.81. The fourth-order valence-electron chi connectivity index (χ4n) is 2.04. The molecule has 2 rings (SSSR count). The van der Waals surface area contributed by atoms with E-state index in [1.54, 1.807) is 0 Å². The van der Waals surface area contributed by atoms with Crippen LogP contribution in [0.25, 0.3) is 10.8 Å². The quantitative estimate of drug-likeness (QED) is 0.503. The van der Waals surface area contributed by atoms with Crippen molar-refractivity contribution in [1.82, 2.24) is 0 Å². The van der Waals surface area contributed by atoms with E-state index in [4.69, 9.17) is 4.43 Å². The third-order valence-electron chi connectivity index (χ3n) is 4.48. The summed E-state index contributed by atoms with van der Waals surface area (Å²) in [7, 11) is -1.68. The van der Waals surface area contributed by atoms with Gasteiger partial charge in [-0.15, -0.1) is 0 Å². The van der Waals surface area contributed by atoms with Crippen LogP contribution < -0.4 is 0 Å². The lowest BCUT2D eigenvalue weighted by Gasteiger charge is -2.34. The Labute approximate surface area is 129 Å². The van der Waals surface area contributed by atoms with Crippen molar-refractivity contribution in [2.24, 2.45) is 0 Å². The van der Waals surface area contributed by atoms with Crippen molar-refractivity contribution in [2.75, 3.05) is 0 Å². The van der Waals surface area contributed by atoms with Crippen LogP contribution in [0.4, 0.5) is 0 Å². The number of hydrogen-bond acceptors (Lipinski definition) is 1. The molecule has 0 amide bonds. The third kappa shape index (κ3) is 3.76. The summed E-state index contributed by atoms with van der Waals surface area (Å²) in [4.78, 5) is 0. The van der Waals surface area contributed by atoms with Crippen molar-refractivity contribution in [3.8, 4) is 0 Å². The minimum absolute atomic E-state index is 0.247. The van der Waals surface area contributed by atoms with E-state index in [1.807, 2.05) is 6.26 Å². The Bertz CT molecular complexity index is 630. The zero-order valence-corrected chi connectivity index (χ0v) is 14.8. The lowest BCUT2D eigenvalue weighted by Crippen LogP contribution is -2.39. The molecule has 21 heavy (non-hydrogen) atoms. The van der Waals surface area contributed by atoms with Crippen LogP contribution in [0.15, 0.2) is 54.8 Å². The first-order valence-corrected chi connectivity index (χ1v) is 10.5. The topological polar surface area (TPSA) is 9.23 Å². The molecule has 0 atom stereocenters. The Balaban J connectivity index is 2.07. The van der Waals surface area contributed by atoms with Crippen molar-refractivity contribution in [2.45, 2.75) is 45.3 Å². The van der Waals surface area contributed by atoms with Gasteiger partial charge in [0.05, 0.1) is 6.26 Å². The van der Waals surface area contributed by atoms with Crippen LogP contribution in [0.1, 0.15) is 26.3 Å². The number of benzene rings is 2. The summed E-state index contributed by atoms with van der Waals surface area (Å²) in [5, 5.41) is 2.88. The molecule has 0 spiro atoms. The minimum atomic E-state index is -1.68. The molecule has 0 aliphatic heterocycles. The van der Waals surface area contributed by atoms with Crippen molar-refractivity contribution >= 4 is 19.1 Å². The zero-order valence-electron chi connectivity index (χ0n) is 13.8. The Morgan fingerprint density at radius 1 is 1.00 bits per heavy atom. The lowest BCUT2D eigenvalue weighted by atomic mass is 10.0. The highest BCUT2D eigenvalue weighted by Gasteiger charge is 2.37. The second-order valence-electron chi connectivity index (χ2n) is 7.09. The average molecular weight is 299 g/mol. The number of fused-ring (bicyclic) bond motifs is 1. The Kier molecular flexibility index (Phi) is 4.57. The highest BCUT2D eigenvalue weighted by molar-refractivity contribution is 6.74. The van der Waals surface area contributed by atoms with Crippen molar-refractivity contribution in [1.29, 1.82) is 0 Å². The molecule has 0 heterocycles. The maximum Gasteiger partial charge on any atom is 0.249 e. The smallest absolute Gasteiger partial charge is 0.249 e. The summed E-state index contributed by atoms with van der Waals surface area (Å²) in [5.74, 6) is 0. The van der Waals surface area contributed by atoms with E-state index in [9.17, 15) is 0 Å². The molecule has 2 aromatic carbocycles. The third-order valence-corrected chi connectivity index (χ3v) is 8.82. The SMILES string of the molecule is CC(C)(C)[Si](C)(C)OC=CCc1cccc2ccccc12. The summed E-state index contributed by atoms with van der Waals surface area (Å²) >= 11 is 0. The van der Waals surface area contributed by atoms with E-state index in [2.05, 4.69) is 82.4 Å². The first-order valence-electron chi connectivity index (χ1n) is 7.61. The van der Waals surface area contributed by atoms with E-state index in [0.29, 0.717) is 0 Å². The van der Waals surface area contributed by atoms with Crippen LogP contribution in [0, 0.1) is 0 Å². The van der Waals surface area contributed by atoms with Gasteiger partial charge < -0.3 is 4.43 Å². The van der Waals surface area contributed by atoms with Gasteiger partial charge in [-0.25, -0.2) is 0 Å². The van der Waals surface area contributed by atoms with Gasteiger partial charge in [-0.2, -0.15) is 0 Å². The molecule has 0 N–H and O–H groups in total. The monoisotopic (exact) mass is 298 g/mol. The highest BCUT2D eigenvalue weighted by Crippen LogP contribution is 2.36. The minimum Gasteiger partial charge on any atom is -0.549 e. The number of rotatable bonds is 4. The van der Waals surface area contributed by atoms with E-state index in [1.165, 1.54) is 16.3 Å². The second kappa shape index (κ2) is 6.06. The van der Waals surface area contributed by atoms with Gasteiger partial charge in [0.2, 0.25) is 8.32 Å². The molecule has 1 nitrogen and oxygen atoms in total. The molecule has 2 heteroatoms. The maximum atomic E-state index is 6.09. The predicted molar refractivity (Wildman–Crippen MR) is 95.1 cm³/mol. The number of allylic oxidation sites excluding steroid dienone is 1. The fraction of sp³-hybridized carbons (Fsp3) is 0.368. The van der Waals surface area contributed by atoms with E-state index in [0.717, 1.165) is 6.42 Å². The molecule has 0 aliphatic rings. The van der Waals surface area contributed by atoms with Gasteiger partial charge in [0, 0.05) is 0 Å². The number of hydrogen-bond donors (Lipinski definition) is 0. The highest BCUT2D eigenvalue weighted by atomic mass is 28.4. The molecule has 112 valence electrons. The van der Waals surface area contributed by atoms with Crippen LogP contribution in [0.5, 0.6) is 0 Å². The molecule has 0 aliphatic carbocycles. The van der Waals surface area contributed by atoms with Gasteiger partial charge in [0.1, 0.15) is 0 Å². The molecule has 0 aromatic heterocycles. The van der Waals surface area contributed by atoms with Crippen LogP contribution >= 0.6 is 0 Å². The molecule has 0 fully saturated rings. The summed E-state index contributed by atoms with van der Waals surface area (Å²) < 4.78 is 6.09. The fourth-order valence-corrected chi connectivity index (χ4v) is 2.83. The molecule has 0 bridgehead atoms. The van der Waals surface area contributed by atoms with E-state index in [-0.39, 0.29) is 5.04 Å². The van der Waals surface area contributed by atoms with Crippen LogP contribution in [-0.2, 0) is 10.8 Å². The summed E-state index contributed by atoms with van der Waals surface area (Å²) in [6.07, 6.45) is 4.97. The van der Waals surface area contributed by atoms with Crippen molar-refractivity contribution in [3.63, 3.8) is 0 Å². The van der Waals surface area contributed by atoms with E-state index < -0.39 is 8.32 Å². The summed E-state index contributed by atoms with van der Waals surface area (Å²) in [6, 6.07) is 15.0. The average Bonchev–Trinajstić information content (AvgIpc) is 2.42. The molecule has 2 aromatic rings. The van der Waals surface area contributed by atoms with Crippen molar-refractivity contribution < 1.29 is 4.43 Å². The molecule has 0 saturated carbocycles. The molecular weight excluding hydrogens is 272 g/mol. The van der Waals surface area contributed by atoms with Gasteiger partial charge in [-0.05, 0) is 47.0 Å². The lowest BCUT2D eigenvalue weighted by molar-refractivity contribution is 0.429. The van der Waals surface area contributed by atoms with Gasteiger partial charge in [0.15, 0.2) is 0 Å². The largest absolute Gasteiger partial charge is 0.549 e. The summed E-state index contributed by atoms with van der Waals surface area (Å²) in [5.41, 5.74) is 1.35. The van der Waals surface area contributed by atoms with Gasteiger partial charge in [-0.3, -0.25) is 0 Å². The Hall–Kier alpha value is -1.54. The summed E-state index contributed by atoms with van der Waals surface area (Å²) in [6.45, 7) is 11.3. The van der Waals surface area contributed by atoms with Crippen LogP contribution in [0.3, 0.4) is 0 Å². The van der Waals surface area contributed by atoms with Gasteiger partial charge >= 0.3 is 0 Å². The van der Waals surface area contributed by atoms with E-state index >= 15 is 0 Å². The van der Waals surface area contributed by atoms with Gasteiger partial charge in [-0.1, -0.05) is 63.2 Å². The Morgan fingerprint density at radius 3 is 2.38 bits per heavy atom. The van der Waals surface area contributed by atoms with Crippen LogP contribution in [0.2, 0.25) is 18.1 Å². The predicted octanol–water partition coefficient (Wildman–Crippen LogP) is 5.92. The normalized spacial score (nSPS) is 13.0. The molecule has 0 radical (unpaired) electrons. The molecule has 0 unspecified atom stereocenters. The zero-order chi connectivity index (χ0) is 15.5. The first kappa shape index (κ1) is 15.8.